The van der Waals surface area contributed by atoms with Gasteiger partial charge in [-0.15, -0.1) is 11.3 Å². The fourth-order valence-corrected chi connectivity index (χ4v) is 6.75. The van der Waals surface area contributed by atoms with E-state index in [2.05, 4.69) is 32.9 Å². The van der Waals surface area contributed by atoms with Gasteiger partial charge in [-0.05, 0) is 126 Å². The lowest BCUT2D eigenvalue weighted by Crippen LogP contribution is -2.21. The Labute approximate surface area is 262 Å². The Morgan fingerprint density at radius 1 is 0.571 bits per heavy atom. The first-order valence-electron chi connectivity index (χ1n) is 13.8. The molecule has 0 N–H and O–H groups in total. The summed E-state index contributed by atoms with van der Waals surface area (Å²) in [7, 11) is 0. The minimum absolute atomic E-state index is 0.0614. The third kappa shape index (κ3) is 6.01. The second-order valence-corrected chi connectivity index (χ2v) is 13.7. The number of thiophene rings is 1. The summed E-state index contributed by atoms with van der Waals surface area (Å²) in [5.74, 6) is 0.144. The van der Waals surface area contributed by atoms with Crippen LogP contribution in [0.25, 0.3) is 11.1 Å². The number of Topliss-reactive ketones (excluding diaryl/α,β-unsaturated/α-hetero) is 2. The van der Waals surface area contributed by atoms with E-state index in [0.29, 0.717) is 21.2 Å². The van der Waals surface area contributed by atoms with Crippen molar-refractivity contribution >= 4 is 57.3 Å². The molecule has 2 aliphatic rings. The van der Waals surface area contributed by atoms with Gasteiger partial charge in [-0.2, -0.15) is 0 Å². The molecule has 2 aliphatic carbocycles. The Bertz CT molecular complexity index is 1770. The van der Waals surface area contributed by atoms with E-state index in [1.54, 1.807) is 11.3 Å². The summed E-state index contributed by atoms with van der Waals surface area (Å²) in [6, 6.07) is 19.9. The molecule has 42 heavy (non-hydrogen) atoms. The quantitative estimate of drug-likeness (QED) is 0.294. The fraction of sp³-hybridized carbons (Fsp3) is 0.189. The maximum absolute atomic E-state index is 13.2. The van der Waals surface area contributed by atoms with Crippen LogP contribution in [0.2, 0.25) is 10.0 Å². The lowest BCUT2D eigenvalue weighted by atomic mass is 9.77. The molecule has 1 aromatic heterocycles. The van der Waals surface area contributed by atoms with E-state index in [1.807, 2.05) is 93.6 Å². The maximum Gasteiger partial charge on any atom is 0.185 e. The van der Waals surface area contributed by atoms with E-state index >= 15 is 0 Å². The molecule has 0 spiro atoms. The predicted molar refractivity (Wildman–Crippen MR) is 178 cm³/mol. The van der Waals surface area contributed by atoms with Crippen molar-refractivity contribution in [2.24, 2.45) is 5.41 Å². The number of ketones is 2. The summed E-state index contributed by atoms with van der Waals surface area (Å²) in [6.07, 6.45) is 7.97. The van der Waals surface area contributed by atoms with Gasteiger partial charge in [0.15, 0.2) is 11.6 Å². The zero-order chi connectivity index (χ0) is 30.3. The van der Waals surface area contributed by atoms with Crippen LogP contribution in [0.15, 0.2) is 118 Å². The molecule has 0 unspecified atom stereocenters. The second-order valence-electron chi connectivity index (χ2n) is 11.8. The molecule has 1 heterocycles. The predicted octanol–water partition coefficient (Wildman–Crippen LogP) is 10.6. The smallest absolute Gasteiger partial charge is 0.185 e. The zero-order valence-corrected chi connectivity index (χ0v) is 26.9. The number of hydrogen-bond donors (Lipinski definition) is 0. The highest BCUT2D eigenvalue weighted by Gasteiger charge is 2.29. The van der Waals surface area contributed by atoms with Crippen molar-refractivity contribution in [1.29, 1.82) is 0 Å². The van der Waals surface area contributed by atoms with Crippen LogP contribution in [-0.4, -0.2) is 11.6 Å². The minimum Gasteiger partial charge on any atom is -0.289 e. The van der Waals surface area contributed by atoms with Crippen molar-refractivity contribution in [3.8, 4) is 0 Å². The van der Waals surface area contributed by atoms with Crippen LogP contribution in [0, 0.1) is 5.41 Å². The number of rotatable bonds is 4. The van der Waals surface area contributed by atoms with Crippen molar-refractivity contribution < 1.29 is 9.59 Å². The van der Waals surface area contributed by atoms with Gasteiger partial charge in [-0.25, -0.2) is 0 Å². The van der Waals surface area contributed by atoms with Gasteiger partial charge in [0.1, 0.15) is 0 Å². The fourth-order valence-electron chi connectivity index (χ4n) is 5.31. The summed E-state index contributed by atoms with van der Waals surface area (Å²) in [5, 5.41) is 1.33. The highest BCUT2D eigenvalue weighted by Crippen LogP contribution is 2.42. The van der Waals surface area contributed by atoms with Crippen LogP contribution in [0.4, 0.5) is 0 Å². The minimum atomic E-state index is -0.303. The first-order chi connectivity index (χ1) is 19.8. The summed E-state index contributed by atoms with van der Waals surface area (Å²) < 4.78 is 0. The summed E-state index contributed by atoms with van der Waals surface area (Å²) >= 11 is 14.2. The molecular weight excluding hydrogens is 579 g/mol. The summed E-state index contributed by atoms with van der Waals surface area (Å²) in [5.41, 5.74) is 8.70. The molecule has 0 atom stereocenters. The Hall–Kier alpha value is -3.50. The lowest BCUT2D eigenvalue weighted by molar-refractivity contribution is -0.113. The number of allylic oxidation sites excluding steroid dienone is 10. The Morgan fingerprint density at radius 2 is 0.952 bits per heavy atom. The molecule has 212 valence electrons. The zero-order valence-electron chi connectivity index (χ0n) is 24.6. The maximum atomic E-state index is 13.2. The molecule has 3 aromatic rings. The molecule has 0 aliphatic heterocycles. The number of carbonyl (C=O) groups is 2. The van der Waals surface area contributed by atoms with Gasteiger partial charge < -0.3 is 0 Å². The monoisotopic (exact) mass is 610 g/mol. The Balaban J connectivity index is 1.77. The Kier molecular flexibility index (Phi) is 8.31. The van der Waals surface area contributed by atoms with Crippen LogP contribution in [0.5, 0.6) is 0 Å². The van der Waals surface area contributed by atoms with Crippen molar-refractivity contribution in [2.75, 3.05) is 0 Å². The van der Waals surface area contributed by atoms with Crippen LogP contribution >= 0.6 is 34.5 Å². The van der Waals surface area contributed by atoms with E-state index in [1.165, 1.54) is 0 Å². The van der Waals surface area contributed by atoms with Crippen molar-refractivity contribution in [3.63, 3.8) is 0 Å². The van der Waals surface area contributed by atoms with E-state index < -0.39 is 0 Å². The highest BCUT2D eigenvalue weighted by atomic mass is 35.5. The molecular formula is C37H32Cl2O2S. The molecule has 5 rings (SSSR count). The third-order valence-electron chi connectivity index (χ3n) is 7.48. The molecule has 0 fully saturated rings. The molecule has 0 saturated heterocycles. The second kappa shape index (κ2) is 11.6. The lowest BCUT2D eigenvalue weighted by Gasteiger charge is -2.26. The van der Waals surface area contributed by atoms with Crippen molar-refractivity contribution in [3.05, 3.63) is 149 Å². The van der Waals surface area contributed by atoms with Crippen LogP contribution < -0.4 is 0 Å². The normalized spacial score (nSPS) is 17.0. The molecule has 0 radical (unpaired) electrons. The largest absolute Gasteiger partial charge is 0.289 e. The summed E-state index contributed by atoms with van der Waals surface area (Å²) in [6.45, 7) is 11.8. The first-order valence-corrected chi connectivity index (χ1v) is 15.4. The average molecular weight is 612 g/mol. The van der Waals surface area contributed by atoms with E-state index in [-0.39, 0.29) is 17.0 Å². The van der Waals surface area contributed by atoms with Gasteiger partial charge >= 0.3 is 0 Å². The van der Waals surface area contributed by atoms with Gasteiger partial charge in [0.2, 0.25) is 0 Å². The molecule has 2 aromatic carbocycles. The molecule has 5 heteroatoms. The number of halogens is 2. The Morgan fingerprint density at radius 3 is 1.36 bits per heavy atom. The molecule has 2 nitrogen and oxygen atoms in total. The average Bonchev–Trinajstić information content (AvgIpc) is 3.40. The SMILES string of the molecule is CC1=CC(=C(c2ccc(Cl)cc2)c2ccc(C(=C3C=C(C)C(=O)C(C(C)(C)C)=C3)c3ccc(Cl)cc3)s2)C=C(C)C1=O. The first kappa shape index (κ1) is 30.0. The topological polar surface area (TPSA) is 34.1 Å². The van der Waals surface area contributed by atoms with Gasteiger partial charge in [0.25, 0.3) is 0 Å². The number of hydrogen-bond acceptors (Lipinski definition) is 3. The van der Waals surface area contributed by atoms with Crippen molar-refractivity contribution in [2.45, 2.75) is 41.5 Å². The standard InChI is InChI=1S/C37H32Cl2O2S/c1-21-17-26(18-22(2)35(21)40)33(24-7-11-28(38)12-8-24)31-15-16-32(42-31)34(25-9-13-29(39)14-10-25)27-19-23(3)36(41)30(20-27)37(4,5)6/h7-20H,1-6H3. The van der Waals surface area contributed by atoms with Crippen LogP contribution in [0.1, 0.15) is 62.4 Å². The third-order valence-corrected chi connectivity index (χ3v) is 9.11. The van der Waals surface area contributed by atoms with Crippen LogP contribution in [0.3, 0.4) is 0 Å². The number of carbonyl (C=O) groups excluding carboxylic acids is 2. The van der Waals surface area contributed by atoms with Gasteiger partial charge in [-0.3, -0.25) is 9.59 Å². The highest BCUT2D eigenvalue weighted by molar-refractivity contribution is 7.14. The van der Waals surface area contributed by atoms with Gasteiger partial charge in [-0.1, -0.05) is 68.2 Å². The van der Waals surface area contributed by atoms with E-state index in [9.17, 15) is 9.59 Å². The van der Waals surface area contributed by atoms with Gasteiger partial charge in [0.05, 0.1) is 0 Å². The molecule has 0 bridgehead atoms. The molecule has 0 amide bonds. The van der Waals surface area contributed by atoms with Crippen LogP contribution in [-0.2, 0) is 9.59 Å². The van der Waals surface area contributed by atoms with Crippen molar-refractivity contribution in [1.82, 2.24) is 0 Å². The van der Waals surface area contributed by atoms with Gasteiger partial charge in [0, 0.05) is 36.5 Å². The molecule has 0 saturated carbocycles. The van der Waals surface area contributed by atoms with E-state index in [4.69, 9.17) is 23.2 Å². The number of benzene rings is 2. The van der Waals surface area contributed by atoms with E-state index in [0.717, 1.165) is 54.3 Å². The summed E-state index contributed by atoms with van der Waals surface area (Å²) in [4.78, 5) is 27.9.